The van der Waals surface area contributed by atoms with Gasteiger partial charge in [0.2, 0.25) is 0 Å². The maximum atomic E-state index is 12.0. The van der Waals surface area contributed by atoms with Crippen LogP contribution < -0.4 is 10.6 Å². The molecule has 0 bridgehead atoms. The molecular formula is C17H19N3O2S. The van der Waals surface area contributed by atoms with Crippen molar-refractivity contribution in [2.45, 2.75) is 26.2 Å². The number of phenolic OH excluding ortho intramolecular Hbond substituents is 1. The van der Waals surface area contributed by atoms with E-state index < -0.39 is 0 Å². The fourth-order valence-corrected chi connectivity index (χ4v) is 2.22. The molecule has 1 amide bonds. The molecule has 0 unspecified atom stereocenters. The number of phenols is 1. The molecule has 120 valence electrons. The third kappa shape index (κ3) is 4.50. The quantitative estimate of drug-likeness (QED) is 0.592. The highest BCUT2D eigenvalue weighted by Crippen LogP contribution is 2.28. The number of carbonyl (C=O) groups excluding carboxylic acids is 1. The summed E-state index contributed by atoms with van der Waals surface area (Å²) in [4.78, 5) is 15.9. The summed E-state index contributed by atoms with van der Waals surface area (Å²) < 4.78 is 0. The van der Waals surface area contributed by atoms with Gasteiger partial charge in [0.05, 0.1) is 11.3 Å². The lowest BCUT2D eigenvalue weighted by atomic mass is 9.98. The normalized spacial score (nSPS) is 11.6. The summed E-state index contributed by atoms with van der Waals surface area (Å²) in [5.41, 5.74) is 1.97. The minimum Gasteiger partial charge on any atom is -0.506 e. The van der Waals surface area contributed by atoms with Gasteiger partial charge in [-0.05, 0) is 54.4 Å². The SMILES string of the molecule is CC[C@@H](C)c1ccc(O)c(NC(=S)NC(=O)c2cccnc2)c1. The topological polar surface area (TPSA) is 74.2 Å². The standard InChI is InChI=1S/C17H19N3O2S/c1-3-11(2)12-6-7-15(21)14(9-12)19-17(23)20-16(22)13-5-4-8-18-10-13/h4-11,21H,3H2,1-2H3,(H2,19,20,22,23)/t11-/m1/s1. The number of hydrogen-bond acceptors (Lipinski definition) is 4. The zero-order valence-corrected chi connectivity index (χ0v) is 13.9. The minimum absolute atomic E-state index is 0.0787. The highest BCUT2D eigenvalue weighted by atomic mass is 32.1. The van der Waals surface area contributed by atoms with Crippen molar-refractivity contribution in [3.05, 3.63) is 53.9 Å². The Bertz CT molecular complexity index is 704. The monoisotopic (exact) mass is 329 g/mol. The van der Waals surface area contributed by atoms with Crippen LogP contribution >= 0.6 is 12.2 Å². The molecule has 6 heteroatoms. The molecule has 1 aromatic heterocycles. The number of pyridine rings is 1. The highest BCUT2D eigenvalue weighted by molar-refractivity contribution is 7.80. The van der Waals surface area contributed by atoms with Gasteiger partial charge in [0.25, 0.3) is 5.91 Å². The van der Waals surface area contributed by atoms with Gasteiger partial charge in [-0.15, -0.1) is 0 Å². The van der Waals surface area contributed by atoms with Crippen LogP contribution in [0.2, 0.25) is 0 Å². The third-order valence-corrected chi connectivity index (χ3v) is 3.81. The molecule has 0 saturated carbocycles. The second-order valence-electron chi connectivity index (χ2n) is 5.24. The molecule has 1 heterocycles. The molecule has 0 saturated heterocycles. The number of benzene rings is 1. The van der Waals surface area contributed by atoms with Crippen molar-refractivity contribution in [2.75, 3.05) is 5.32 Å². The number of nitrogens with zero attached hydrogens (tertiary/aromatic N) is 1. The van der Waals surface area contributed by atoms with Gasteiger partial charge in [-0.25, -0.2) is 0 Å². The molecule has 0 aliphatic carbocycles. The lowest BCUT2D eigenvalue weighted by Gasteiger charge is -2.14. The van der Waals surface area contributed by atoms with E-state index in [1.165, 1.54) is 6.20 Å². The van der Waals surface area contributed by atoms with Crippen molar-refractivity contribution < 1.29 is 9.90 Å². The fraction of sp³-hybridized carbons (Fsp3) is 0.235. The summed E-state index contributed by atoms with van der Waals surface area (Å²) >= 11 is 5.13. The van der Waals surface area contributed by atoms with Crippen LogP contribution in [0, 0.1) is 0 Å². The molecule has 0 aliphatic heterocycles. The summed E-state index contributed by atoms with van der Waals surface area (Å²) in [5.74, 6) is 0.0953. The second-order valence-corrected chi connectivity index (χ2v) is 5.64. The van der Waals surface area contributed by atoms with Gasteiger partial charge >= 0.3 is 0 Å². The van der Waals surface area contributed by atoms with Crippen molar-refractivity contribution in [3.63, 3.8) is 0 Å². The Kier molecular flexibility index (Phi) is 5.65. The summed E-state index contributed by atoms with van der Waals surface area (Å²) in [6, 6.07) is 8.66. The Morgan fingerprint density at radius 2 is 2.17 bits per heavy atom. The van der Waals surface area contributed by atoms with Gasteiger partial charge in [-0.2, -0.15) is 0 Å². The van der Waals surface area contributed by atoms with E-state index in [1.807, 2.05) is 12.1 Å². The first-order valence-corrected chi connectivity index (χ1v) is 7.77. The molecule has 0 fully saturated rings. The molecule has 2 aromatic rings. The molecule has 1 atom stereocenters. The van der Waals surface area contributed by atoms with Gasteiger partial charge in [0.1, 0.15) is 5.75 Å². The number of nitrogens with one attached hydrogen (secondary N) is 2. The predicted octanol–water partition coefficient (Wildman–Crippen LogP) is 3.43. The van der Waals surface area contributed by atoms with E-state index in [4.69, 9.17) is 12.2 Å². The van der Waals surface area contributed by atoms with E-state index in [9.17, 15) is 9.90 Å². The van der Waals surface area contributed by atoms with E-state index in [1.54, 1.807) is 24.4 Å². The van der Waals surface area contributed by atoms with Crippen LogP contribution in [0.3, 0.4) is 0 Å². The van der Waals surface area contributed by atoms with Gasteiger partial charge in [-0.1, -0.05) is 19.9 Å². The molecule has 23 heavy (non-hydrogen) atoms. The number of carbonyl (C=O) groups is 1. The molecule has 3 N–H and O–H groups in total. The maximum absolute atomic E-state index is 12.0. The number of amides is 1. The average Bonchev–Trinajstić information content (AvgIpc) is 2.56. The average molecular weight is 329 g/mol. The first kappa shape index (κ1) is 16.9. The molecule has 0 radical (unpaired) electrons. The van der Waals surface area contributed by atoms with Crippen LogP contribution in [0.4, 0.5) is 5.69 Å². The van der Waals surface area contributed by atoms with Crippen LogP contribution in [-0.4, -0.2) is 21.1 Å². The molecule has 2 rings (SSSR count). The minimum atomic E-state index is -0.354. The van der Waals surface area contributed by atoms with Crippen molar-refractivity contribution >= 4 is 28.9 Å². The van der Waals surface area contributed by atoms with Crippen molar-refractivity contribution in [1.82, 2.24) is 10.3 Å². The zero-order chi connectivity index (χ0) is 16.8. The van der Waals surface area contributed by atoms with Gasteiger partial charge in [-0.3, -0.25) is 15.1 Å². The maximum Gasteiger partial charge on any atom is 0.258 e. The molecule has 0 spiro atoms. The van der Waals surface area contributed by atoms with Crippen LogP contribution in [-0.2, 0) is 0 Å². The van der Waals surface area contributed by atoms with Gasteiger partial charge < -0.3 is 10.4 Å². The Balaban J connectivity index is 2.07. The van der Waals surface area contributed by atoms with Crippen LogP contribution in [0.5, 0.6) is 5.75 Å². The Hall–Kier alpha value is -2.47. The van der Waals surface area contributed by atoms with E-state index in [0.717, 1.165) is 12.0 Å². The highest BCUT2D eigenvalue weighted by Gasteiger charge is 2.11. The number of thiocarbonyl (C=S) groups is 1. The summed E-state index contributed by atoms with van der Waals surface area (Å²) in [6.07, 6.45) is 4.04. The largest absolute Gasteiger partial charge is 0.506 e. The summed E-state index contributed by atoms with van der Waals surface area (Å²) in [6.45, 7) is 4.21. The number of aromatic nitrogens is 1. The first-order chi connectivity index (χ1) is 11.0. The van der Waals surface area contributed by atoms with Crippen molar-refractivity contribution in [2.24, 2.45) is 0 Å². The van der Waals surface area contributed by atoms with Crippen LogP contribution in [0.25, 0.3) is 0 Å². The molecular weight excluding hydrogens is 310 g/mol. The third-order valence-electron chi connectivity index (χ3n) is 3.60. The number of rotatable bonds is 4. The molecule has 0 aliphatic rings. The second kappa shape index (κ2) is 7.69. The van der Waals surface area contributed by atoms with E-state index >= 15 is 0 Å². The van der Waals surface area contributed by atoms with Crippen molar-refractivity contribution in [3.8, 4) is 5.75 Å². The Morgan fingerprint density at radius 1 is 1.39 bits per heavy atom. The number of hydrogen-bond donors (Lipinski definition) is 3. The number of aromatic hydroxyl groups is 1. The van der Waals surface area contributed by atoms with Crippen LogP contribution in [0.1, 0.15) is 42.1 Å². The molecule has 1 aromatic carbocycles. The lowest BCUT2D eigenvalue weighted by Crippen LogP contribution is -2.34. The number of anilines is 1. The lowest BCUT2D eigenvalue weighted by molar-refractivity contribution is 0.0977. The van der Waals surface area contributed by atoms with E-state index in [2.05, 4.69) is 29.5 Å². The summed E-state index contributed by atoms with van der Waals surface area (Å²) in [5, 5.41) is 15.5. The predicted molar refractivity (Wildman–Crippen MR) is 94.7 cm³/mol. The van der Waals surface area contributed by atoms with Crippen LogP contribution in [0.15, 0.2) is 42.7 Å². The molecule has 5 nitrogen and oxygen atoms in total. The Labute approximate surface area is 140 Å². The van der Waals surface area contributed by atoms with E-state index in [-0.39, 0.29) is 16.8 Å². The zero-order valence-electron chi connectivity index (χ0n) is 13.0. The summed E-state index contributed by atoms with van der Waals surface area (Å²) in [7, 11) is 0. The van der Waals surface area contributed by atoms with Gasteiger partial charge in [0.15, 0.2) is 5.11 Å². The van der Waals surface area contributed by atoms with Crippen molar-refractivity contribution in [1.29, 1.82) is 0 Å². The smallest absolute Gasteiger partial charge is 0.258 e. The first-order valence-electron chi connectivity index (χ1n) is 7.36. The van der Waals surface area contributed by atoms with Gasteiger partial charge in [0, 0.05) is 12.4 Å². The fourth-order valence-electron chi connectivity index (χ4n) is 2.02. The van der Waals surface area contributed by atoms with E-state index in [0.29, 0.717) is 17.2 Å². The Morgan fingerprint density at radius 3 is 2.83 bits per heavy atom.